The number of carbonyl (C=O) groups excluding carboxylic acids is 1. The van der Waals surface area contributed by atoms with E-state index < -0.39 is 5.54 Å². The van der Waals surface area contributed by atoms with Crippen molar-refractivity contribution in [3.05, 3.63) is 29.6 Å². The van der Waals surface area contributed by atoms with Crippen LogP contribution in [0.1, 0.15) is 37.3 Å². The van der Waals surface area contributed by atoms with Crippen molar-refractivity contribution in [2.75, 3.05) is 19.8 Å². The first-order valence-electron chi connectivity index (χ1n) is 7.68. The molecule has 0 bridgehead atoms. The fraction of sp³-hybridized carbons (Fsp3) is 0.562. The van der Waals surface area contributed by atoms with E-state index in [1.54, 1.807) is 6.07 Å². The van der Waals surface area contributed by atoms with E-state index in [0.717, 1.165) is 6.42 Å². The Morgan fingerprint density at radius 1 is 1.32 bits per heavy atom. The Morgan fingerprint density at radius 3 is 2.86 bits per heavy atom. The lowest BCUT2D eigenvalue weighted by Crippen LogP contribution is -2.57. The number of amides is 1. The summed E-state index contributed by atoms with van der Waals surface area (Å²) in [6, 6.07) is 4.14. The van der Waals surface area contributed by atoms with Gasteiger partial charge in [0, 0.05) is 18.8 Å². The van der Waals surface area contributed by atoms with Crippen LogP contribution in [0.15, 0.2) is 18.2 Å². The molecule has 3 rings (SSSR count). The molecule has 6 heteroatoms. The van der Waals surface area contributed by atoms with Gasteiger partial charge in [0.1, 0.15) is 11.6 Å². The Balaban J connectivity index is 1.80. The van der Waals surface area contributed by atoms with Crippen LogP contribution in [-0.4, -0.2) is 31.3 Å². The number of carbonyl (C=O) groups is 1. The Kier molecular flexibility index (Phi) is 4.31. The van der Waals surface area contributed by atoms with Crippen molar-refractivity contribution in [3.63, 3.8) is 0 Å². The lowest BCUT2D eigenvalue weighted by Gasteiger charge is -2.33. The van der Waals surface area contributed by atoms with Gasteiger partial charge in [-0.2, -0.15) is 0 Å². The maximum Gasteiger partial charge on any atom is 0.240 e. The van der Waals surface area contributed by atoms with Gasteiger partial charge >= 0.3 is 0 Å². The number of hydrogen-bond donors (Lipinski definition) is 2. The molecule has 1 atom stereocenters. The number of rotatable bonds is 2. The standard InChI is InChI=1S/C16H21FN2O3/c17-11-3-4-14-12(10-11)13(2-1-7-22-14)19-15(20)16(18)5-8-21-9-6-16/h3-4,10,13H,1-2,5-9,18H2,(H,19,20). The molecule has 1 aromatic rings. The molecule has 5 nitrogen and oxygen atoms in total. The van der Waals surface area contributed by atoms with E-state index in [-0.39, 0.29) is 17.8 Å². The van der Waals surface area contributed by atoms with E-state index in [9.17, 15) is 9.18 Å². The first kappa shape index (κ1) is 15.2. The van der Waals surface area contributed by atoms with Crippen molar-refractivity contribution < 1.29 is 18.7 Å². The SMILES string of the molecule is NC1(C(=O)NC2CCCOc3ccc(F)cc32)CCOCC1. The summed E-state index contributed by atoms with van der Waals surface area (Å²) in [6.45, 7) is 1.54. The average molecular weight is 308 g/mol. The van der Waals surface area contributed by atoms with Gasteiger partial charge in [-0.3, -0.25) is 4.79 Å². The highest BCUT2D eigenvalue weighted by atomic mass is 19.1. The Labute approximate surface area is 129 Å². The van der Waals surface area contributed by atoms with Crippen LogP contribution in [0.5, 0.6) is 5.75 Å². The third-order valence-electron chi connectivity index (χ3n) is 4.38. The van der Waals surface area contributed by atoms with Crippen molar-refractivity contribution in [3.8, 4) is 5.75 Å². The first-order valence-corrected chi connectivity index (χ1v) is 7.68. The van der Waals surface area contributed by atoms with Crippen LogP contribution in [-0.2, 0) is 9.53 Å². The molecular weight excluding hydrogens is 287 g/mol. The van der Waals surface area contributed by atoms with Crippen LogP contribution >= 0.6 is 0 Å². The molecule has 2 heterocycles. The van der Waals surface area contributed by atoms with Gasteiger partial charge in [0.2, 0.25) is 5.91 Å². The molecule has 2 aliphatic heterocycles. The van der Waals surface area contributed by atoms with Crippen molar-refractivity contribution in [2.45, 2.75) is 37.3 Å². The molecule has 0 saturated carbocycles. The molecule has 22 heavy (non-hydrogen) atoms. The van der Waals surface area contributed by atoms with Crippen LogP contribution in [0.25, 0.3) is 0 Å². The fourth-order valence-corrected chi connectivity index (χ4v) is 2.96. The third-order valence-corrected chi connectivity index (χ3v) is 4.38. The van der Waals surface area contributed by atoms with Crippen LogP contribution in [0, 0.1) is 5.82 Å². The second-order valence-electron chi connectivity index (χ2n) is 5.97. The normalized spacial score (nSPS) is 23.8. The molecule has 1 saturated heterocycles. The van der Waals surface area contributed by atoms with Gasteiger partial charge in [-0.05, 0) is 43.9 Å². The van der Waals surface area contributed by atoms with E-state index in [2.05, 4.69) is 5.32 Å². The van der Waals surface area contributed by atoms with Crippen molar-refractivity contribution >= 4 is 5.91 Å². The summed E-state index contributed by atoms with van der Waals surface area (Å²) in [5.74, 6) is 0.0946. The largest absolute Gasteiger partial charge is 0.493 e. The zero-order valence-corrected chi connectivity index (χ0v) is 12.4. The number of nitrogens with one attached hydrogen (secondary N) is 1. The molecule has 0 radical (unpaired) electrons. The molecule has 0 aromatic heterocycles. The summed E-state index contributed by atoms with van der Waals surface area (Å²) in [5.41, 5.74) is 5.99. The van der Waals surface area contributed by atoms with Gasteiger partial charge in [-0.15, -0.1) is 0 Å². The van der Waals surface area contributed by atoms with E-state index in [4.69, 9.17) is 15.2 Å². The Bertz CT molecular complexity index is 558. The quantitative estimate of drug-likeness (QED) is 0.871. The van der Waals surface area contributed by atoms with Gasteiger partial charge in [0.25, 0.3) is 0 Å². The molecule has 1 aromatic carbocycles. The predicted octanol–water partition coefficient (Wildman–Crippen LogP) is 1.66. The van der Waals surface area contributed by atoms with Crippen LogP contribution < -0.4 is 15.8 Å². The van der Waals surface area contributed by atoms with Crippen molar-refractivity contribution in [1.82, 2.24) is 5.32 Å². The second kappa shape index (κ2) is 6.22. The Morgan fingerprint density at radius 2 is 2.09 bits per heavy atom. The summed E-state index contributed by atoms with van der Waals surface area (Å²) in [4.78, 5) is 12.6. The van der Waals surface area contributed by atoms with Gasteiger partial charge in [-0.1, -0.05) is 0 Å². The molecule has 1 unspecified atom stereocenters. The smallest absolute Gasteiger partial charge is 0.240 e. The fourth-order valence-electron chi connectivity index (χ4n) is 2.96. The van der Waals surface area contributed by atoms with Gasteiger partial charge < -0.3 is 20.5 Å². The zero-order chi connectivity index (χ0) is 15.6. The van der Waals surface area contributed by atoms with Gasteiger partial charge in [-0.25, -0.2) is 4.39 Å². The second-order valence-corrected chi connectivity index (χ2v) is 5.97. The molecule has 3 N–H and O–H groups in total. The highest BCUT2D eigenvalue weighted by Gasteiger charge is 2.37. The monoisotopic (exact) mass is 308 g/mol. The van der Waals surface area contributed by atoms with E-state index >= 15 is 0 Å². The minimum absolute atomic E-state index is 0.196. The summed E-state index contributed by atoms with van der Waals surface area (Å²) >= 11 is 0. The number of hydrogen-bond acceptors (Lipinski definition) is 4. The predicted molar refractivity (Wildman–Crippen MR) is 79.0 cm³/mol. The van der Waals surface area contributed by atoms with Crippen LogP contribution in [0.4, 0.5) is 4.39 Å². The zero-order valence-electron chi connectivity index (χ0n) is 12.4. The maximum absolute atomic E-state index is 13.6. The maximum atomic E-state index is 13.6. The van der Waals surface area contributed by atoms with Crippen molar-refractivity contribution in [2.24, 2.45) is 5.73 Å². The molecule has 120 valence electrons. The van der Waals surface area contributed by atoms with Gasteiger partial charge in [0.05, 0.1) is 18.2 Å². The minimum Gasteiger partial charge on any atom is -0.493 e. The summed E-state index contributed by atoms with van der Waals surface area (Å²) < 4.78 is 24.4. The summed E-state index contributed by atoms with van der Waals surface area (Å²) in [6.07, 6.45) is 2.49. The Hall–Kier alpha value is -1.66. The number of halogens is 1. The topological polar surface area (TPSA) is 73.6 Å². The molecular formula is C16H21FN2O3. The summed E-state index contributed by atoms with van der Waals surface area (Å²) in [5, 5.41) is 2.99. The number of nitrogens with two attached hydrogens (primary N) is 1. The minimum atomic E-state index is -0.904. The van der Waals surface area contributed by atoms with E-state index in [1.807, 2.05) is 0 Å². The summed E-state index contributed by atoms with van der Waals surface area (Å²) in [7, 11) is 0. The number of ether oxygens (including phenoxy) is 2. The first-order chi connectivity index (χ1) is 10.6. The highest BCUT2D eigenvalue weighted by Crippen LogP contribution is 2.32. The highest BCUT2D eigenvalue weighted by molar-refractivity contribution is 5.86. The number of fused-ring (bicyclic) bond motifs is 1. The van der Waals surface area contributed by atoms with E-state index in [1.165, 1.54) is 12.1 Å². The van der Waals surface area contributed by atoms with E-state index in [0.29, 0.717) is 50.4 Å². The molecule has 0 aliphatic carbocycles. The van der Waals surface area contributed by atoms with Crippen LogP contribution in [0.3, 0.4) is 0 Å². The molecule has 2 aliphatic rings. The third kappa shape index (κ3) is 3.08. The van der Waals surface area contributed by atoms with Crippen molar-refractivity contribution in [1.29, 1.82) is 0 Å². The van der Waals surface area contributed by atoms with Crippen LogP contribution in [0.2, 0.25) is 0 Å². The lowest BCUT2D eigenvalue weighted by molar-refractivity contribution is -0.130. The molecule has 1 fully saturated rings. The number of benzene rings is 1. The average Bonchev–Trinajstić information content (AvgIpc) is 2.70. The lowest BCUT2D eigenvalue weighted by atomic mass is 9.89. The molecule has 1 amide bonds. The molecule has 0 spiro atoms. The van der Waals surface area contributed by atoms with Gasteiger partial charge in [0.15, 0.2) is 0 Å².